The Balaban J connectivity index is 1.22. The second-order valence-electron chi connectivity index (χ2n) is 7.20. The average Bonchev–Trinajstić information content (AvgIpc) is 3.06. The fourth-order valence-electron chi connectivity index (χ4n) is 3.86. The number of hydrogen-bond donors (Lipinski definition) is 0. The average molecular weight is 353 g/mol. The molecule has 1 fully saturated rings. The fourth-order valence-corrected chi connectivity index (χ4v) is 3.86. The zero-order chi connectivity index (χ0) is 17.8. The van der Waals surface area contributed by atoms with Gasteiger partial charge in [-0.2, -0.15) is 0 Å². The Kier molecular flexibility index (Phi) is 5.25. The lowest BCUT2D eigenvalue weighted by Crippen LogP contribution is -2.33. The van der Waals surface area contributed by atoms with Gasteiger partial charge in [0, 0.05) is 24.2 Å². The van der Waals surface area contributed by atoms with Gasteiger partial charge >= 0.3 is 0 Å². The lowest BCUT2D eigenvalue weighted by Gasteiger charge is -2.31. The smallest absolute Gasteiger partial charge is 0.170 e. The van der Waals surface area contributed by atoms with Crippen LogP contribution in [0.2, 0.25) is 0 Å². The fraction of sp³-hybridized carbons (Fsp3) is 0.429. The van der Waals surface area contributed by atoms with E-state index in [1.807, 2.05) is 12.3 Å². The van der Waals surface area contributed by atoms with E-state index in [0.29, 0.717) is 5.58 Å². The van der Waals surface area contributed by atoms with Crippen molar-refractivity contribution in [1.29, 1.82) is 0 Å². The molecule has 0 spiro atoms. The molecule has 3 aromatic rings. The van der Waals surface area contributed by atoms with Gasteiger partial charge in [-0.1, -0.05) is 11.2 Å². The van der Waals surface area contributed by atoms with Gasteiger partial charge in [0.05, 0.1) is 11.4 Å². The van der Waals surface area contributed by atoms with Crippen molar-refractivity contribution >= 4 is 11.0 Å². The van der Waals surface area contributed by atoms with Crippen molar-refractivity contribution in [3.63, 3.8) is 0 Å². The monoisotopic (exact) mass is 353 g/mol. The maximum atomic E-state index is 13.2. The molecule has 0 amide bonds. The lowest BCUT2D eigenvalue weighted by molar-refractivity contribution is 0.169. The van der Waals surface area contributed by atoms with Crippen LogP contribution < -0.4 is 0 Å². The molecule has 5 heteroatoms. The molecule has 0 atom stereocenters. The number of aromatic nitrogens is 2. The third-order valence-electron chi connectivity index (χ3n) is 5.35. The van der Waals surface area contributed by atoms with Gasteiger partial charge in [0.25, 0.3) is 0 Å². The highest BCUT2D eigenvalue weighted by Crippen LogP contribution is 2.25. The molecule has 4 nitrogen and oxygen atoms in total. The van der Waals surface area contributed by atoms with Crippen LogP contribution in [0.4, 0.5) is 4.39 Å². The van der Waals surface area contributed by atoms with Crippen molar-refractivity contribution < 1.29 is 8.91 Å². The highest BCUT2D eigenvalue weighted by molar-refractivity contribution is 5.79. The summed E-state index contributed by atoms with van der Waals surface area (Å²) < 4.78 is 18.5. The quantitative estimate of drug-likeness (QED) is 0.650. The molecule has 0 aliphatic carbocycles. The van der Waals surface area contributed by atoms with Gasteiger partial charge in [-0.05, 0) is 75.4 Å². The van der Waals surface area contributed by atoms with E-state index in [1.165, 1.54) is 31.4 Å². The van der Waals surface area contributed by atoms with Gasteiger partial charge in [-0.15, -0.1) is 0 Å². The van der Waals surface area contributed by atoms with Crippen molar-refractivity contribution in [2.75, 3.05) is 13.1 Å². The minimum Gasteiger partial charge on any atom is -0.356 e. The first-order valence-corrected chi connectivity index (χ1v) is 9.44. The molecule has 26 heavy (non-hydrogen) atoms. The number of nitrogens with zero attached hydrogens (tertiary/aromatic N) is 3. The van der Waals surface area contributed by atoms with Crippen LogP contribution in [0.1, 0.15) is 37.1 Å². The molecule has 0 unspecified atom stereocenters. The zero-order valence-electron chi connectivity index (χ0n) is 14.9. The lowest BCUT2D eigenvalue weighted by atomic mass is 9.91. The predicted molar refractivity (Wildman–Crippen MR) is 99.1 cm³/mol. The number of fused-ring (bicyclic) bond motifs is 1. The number of pyridine rings is 1. The van der Waals surface area contributed by atoms with Gasteiger partial charge in [0.15, 0.2) is 5.58 Å². The number of piperidine rings is 1. The first-order valence-electron chi connectivity index (χ1n) is 9.44. The summed E-state index contributed by atoms with van der Waals surface area (Å²) in [5, 5.41) is 5.06. The molecule has 4 rings (SSSR count). The van der Waals surface area contributed by atoms with E-state index in [-0.39, 0.29) is 5.82 Å². The van der Waals surface area contributed by atoms with Crippen LogP contribution in [-0.2, 0) is 13.0 Å². The van der Waals surface area contributed by atoms with E-state index in [9.17, 15) is 4.39 Å². The summed E-state index contributed by atoms with van der Waals surface area (Å²) in [6, 6.07) is 10.8. The maximum Gasteiger partial charge on any atom is 0.170 e. The van der Waals surface area contributed by atoms with E-state index < -0.39 is 0 Å². The van der Waals surface area contributed by atoms with Crippen LogP contribution in [0, 0.1) is 11.7 Å². The molecule has 1 aromatic carbocycles. The first-order chi connectivity index (χ1) is 12.8. The molecule has 0 bridgehead atoms. The maximum absolute atomic E-state index is 13.2. The first kappa shape index (κ1) is 17.2. The van der Waals surface area contributed by atoms with Crippen LogP contribution in [-0.4, -0.2) is 28.1 Å². The van der Waals surface area contributed by atoms with E-state index >= 15 is 0 Å². The van der Waals surface area contributed by atoms with Gasteiger partial charge in [0.2, 0.25) is 0 Å². The Labute approximate surface area is 153 Å². The van der Waals surface area contributed by atoms with Gasteiger partial charge in [0.1, 0.15) is 5.82 Å². The molecule has 1 saturated heterocycles. The molecule has 1 aliphatic rings. The van der Waals surface area contributed by atoms with Crippen LogP contribution in [0.15, 0.2) is 47.1 Å². The standard InChI is InChI=1S/C21H24FN3O/c22-17-7-8-19-20(24-26-21(19)14-17)6-3-4-16-9-12-25(13-10-16)15-18-5-1-2-11-23-18/h1-2,5,7-8,11,14,16H,3-4,6,9-10,12-13,15H2. The third kappa shape index (κ3) is 4.10. The predicted octanol–water partition coefficient (Wildman–Crippen LogP) is 4.60. The van der Waals surface area contributed by atoms with Crippen molar-refractivity contribution in [3.05, 3.63) is 59.8 Å². The molecule has 1 aliphatic heterocycles. The molecule has 0 N–H and O–H groups in total. The molecule has 2 aromatic heterocycles. The Morgan fingerprint density at radius 3 is 2.85 bits per heavy atom. The highest BCUT2D eigenvalue weighted by atomic mass is 19.1. The second kappa shape index (κ2) is 7.96. The number of hydrogen-bond acceptors (Lipinski definition) is 4. The summed E-state index contributed by atoms with van der Waals surface area (Å²) >= 11 is 0. The molecule has 3 heterocycles. The van der Waals surface area contributed by atoms with Crippen LogP contribution in [0.25, 0.3) is 11.0 Å². The SMILES string of the molecule is Fc1ccc2c(CCCC3CCN(Cc4ccccn4)CC3)noc2c1. The van der Waals surface area contributed by atoms with Crippen LogP contribution >= 0.6 is 0 Å². The Morgan fingerprint density at radius 2 is 2.04 bits per heavy atom. The van der Waals surface area contributed by atoms with E-state index in [4.69, 9.17) is 4.52 Å². The van der Waals surface area contributed by atoms with Gasteiger partial charge in [-0.3, -0.25) is 9.88 Å². The van der Waals surface area contributed by atoms with Gasteiger partial charge in [-0.25, -0.2) is 4.39 Å². The van der Waals surface area contributed by atoms with Crippen molar-refractivity contribution in [3.8, 4) is 0 Å². The Morgan fingerprint density at radius 1 is 1.15 bits per heavy atom. The molecular weight excluding hydrogens is 329 g/mol. The third-order valence-corrected chi connectivity index (χ3v) is 5.35. The second-order valence-corrected chi connectivity index (χ2v) is 7.20. The van der Waals surface area contributed by atoms with Crippen molar-refractivity contribution in [2.45, 2.75) is 38.6 Å². The summed E-state index contributed by atoms with van der Waals surface area (Å²) in [6.07, 6.45) is 7.57. The topological polar surface area (TPSA) is 42.2 Å². The summed E-state index contributed by atoms with van der Waals surface area (Å²) in [7, 11) is 0. The van der Waals surface area contributed by atoms with Crippen molar-refractivity contribution in [2.24, 2.45) is 5.92 Å². The number of halogens is 1. The van der Waals surface area contributed by atoms with Crippen LogP contribution in [0.3, 0.4) is 0 Å². The Bertz CT molecular complexity index is 841. The van der Waals surface area contributed by atoms with E-state index in [1.54, 1.807) is 6.07 Å². The summed E-state index contributed by atoms with van der Waals surface area (Å²) in [5.74, 6) is 0.503. The van der Waals surface area contributed by atoms with E-state index in [0.717, 1.165) is 55.2 Å². The van der Waals surface area contributed by atoms with Crippen LogP contribution in [0.5, 0.6) is 0 Å². The summed E-state index contributed by atoms with van der Waals surface area (Å²) in [6.45, 7) is 3.25. The number of rotatable bonds is 6. The highest BCUT2D eigenvalue weighted by Gasteiger charge is 2.19. The number of likely N-dealkylation sites (tertiary alicyclic amines) is 1. The minimum absolute atomic E-state index is 0.280. The summed E-state index contributed by atoms with van der Waals surface area (Å²) in [5.41, 5.74) is 2.65. The minimum atomic E-state index is -0.280. The number of aryl methyl sites for hydroxylation is 1. The van der Waals surface area contributed by atoms with Crippen molar-refractivity contribution in [1.82, 2.24) is 15.0 Å². The normalized spacial score (nSPS) is 16.3. The molecule has 0 radical (unpaired) electrons. The largest absolute Gasteiger partial charge is 0.356 e. The molecular formula is C21H24FN3O. The molecule has 0 saturated carbocycles. The molecule has 136 valence electrons. The summed E-state index contributed by atoms with van der Waals surface area (Å²) in [4.78, 5) is 6.92. The van der Waals surface area contributed by atoms with Gasteiger partial charge < -0.3 is 4.52 Å². The number of benzene rings is 1. The Hall–Kier alpha value is -2.27. The zero-order valence-corrected chi connectivity index (χ0v) is 14.9. The van der Waals surface area contributed by atoms with E-state index in [2.05, 4.69) is 27.2 Å².